The maximum Gasteiger partial charge on any atom is 0.529 e. The fraction of sp³-hybridized carbons (Fsp3) is 0.667. The molecule has 0 fully saturated rings. The van der Waals surface area contributed by atoms with Gasteiger partial charge in [-0.15, -0.1) is 0 Å². The summed E-state index contributed by atoms with van der Waals surface area (Å²) < 4.78 is 26.4. The van der Waals surface area contributed by atoms with E-state index in [-0.39, 0.29) is 31.2 Å². The van der Waals surface area contributed by atoms with Gasteiger partial charge < -0.3 is 4.52 Å². The monoisotopic (exact) mass is 236 g/mol. The number of rotatable bonds is 8. The SMILES string of the molecule is C=C(CC(C)=O)OP(=O)(OCC)OCC. The summed E-state index contributed by atoms with van der Waals surface area (Å²) in [5.41, 5.74) is 0. The largest absolute Gasteiger partial charge is 0.529 e. The summed E-state index contributed by atoms with van der Waals surface area (Å²) in [6.45, 7) is 8.60. The summed E-state index contributed by atoms with van der Waals surface area (Å²) in [5, 5.41) is 0. The van der Waals surface area contributed by atoms with E-state index < -0.39 is 7.82 Å². The van der Waals surface area contributed by atoms with Crippen molar-refractivity contribution >= 4 is 13.6 Å². The molecule has 0 aromatic carbocycles. The normalized spacial score (nSPS) is 11.1. The van der Waals surface area contributed by atoms with Crippen LogP contribution in [-0.2, 0) is 22.9 Å². The Balaban J connectivity index is 4.34. The molecule has 0 unspecified atom stereocenters. The summed E-state index contributed by atoms with van der Waals surface area (Å²) in [6, 6.07) is 0. The topological polar surface area (TPSA) is 61.8 Å². The van der Waals surface area contributed by atoms with E-state index in [1.807, 2.05) is 0 Å². The van der Waals surface area contributed by atoms with Crippen LogP contribution in [-0.4, -0.2) is 19.0 Å². The van der Waals surface area contributed by atoms with Gasteiger partial charge in [-0.1, -0.05) is 6.58 Å². The number of ketones is 1. The van der Waals surface area contributed by atoms with Gasteiger partial charge in [-0.05, 0) is 20.8 Å². The lowest BCUT2D eigenvalue weighted by atomic mass is 10.3. The molecule has 0 aliphatic heterocycles. The van der Waals surface area contributed by atoms with Crippen molar-refractivity contribution in [3.8, 4) is 0 Å². The van der Waals surface area contributed by atoms with Gasteiger partial charge in [-0.2, -0.15) is 0 Å². The van der Waals surface area contributed by atoms with E-state index in [0.29, 0.717) is 0 Å². The smallest absolute Gasteiger partial charge is 0.409 e. The standard InChI is InChI=1S/C9H17O5P/c1-5-12-15(11,13-6-2)14-9(4)7-8(3)10/h4-7H2,1-3H3. The van der Waals surface area contributed by atoms with Crippen molar-refractivity contribution in [3.05, 3.63) is 12.3 Å². The van der Waals surface area contributed by atoms with Gasteiger partial charge in [0.25, 0.3) is 0 Å². The van der Waals surface area contributed by atoms with Crippen molar-refractivity contribution in [2.45, 2.75) is 27.2 Å². The van der Waals surface area contributed by atoms with Crippen molar-refractivity contribution in [1.29, 1.82) is 0 Å². The Bertz CT molecular complexity index is 264. The van der Waals surface area contributed by atoms with Gasteiger partial charge in [0.05, 0.1) is 19.6 Å². The molecule has 0 saturated carbocycles. The van der Waals surface area contributed by atoms with Crippen molar-refractivity contribution in [2.24, 2.45) is 0 Å². The minimum absolute atomic E-state index is 0.00411. The molecule has 0 saturated heterocycles. The molecule has 0 atom stereocenters. The van der Waals surface area contributed by atoms with Crippen molar-refractivity contribution in [1.82, 2.24) is 0 Å². The Morgan fingerprint density at radius 1 is 1.27 bits per heavy atom. The molecule has 0 amide bonds. The van der Waals surface area contributed by atoms with Gasteiger partial charge in [0, 0.05) is 0 Å². The average molecular weight is 236 g/mol. The summed E-state index contributed by atoms with van der Waals surface area (Å²) in [4.78, 5) is 10.7. The second-order valence-corrected chi connectivity index (χ2v) is 4.38. The van der Waals surface area contributed by atoms with Crippen LogP contribution in [0, 0.1) is 0 Å². The van der Waals surface area contributed by atoms with E-state index in [1.165, 1.54) is 6.92 Å². The lowest BCUT2D eigenvalue weighted by Gasteiger charge is -2.17. The highest BCUT2D eigenvalue weighted by atomic mass is 31.2. The number of hydrogen-bond donors (Lipinski definition) is 0. The van der Waals surface area contributed by atoms with Gasteiger partial charge in [0.15, 0.2) is 0 Å². The summed E-state index contributed by atoms with van der Waals surface area (Å²) >= 11 is 0. The molecule has 0 N–H and O–H groups in total. The van der Waals surface area contributed by atoms with E-state index in [1.54, 1.807) is 13.8 Å². The molecular weight excluding hydrogens is 219 g/mol. The van der Waals surface area contributed by atoms with Gasteiger partial charge in [0.2, 0.25) is 0 Å². The number of hydrogen-bond acceptors (Lipinski definition) is 5. The van der Waals surface area contributed by atoms with Crippen LogP contribution in [0.4, 0.5) is 0 Å². The first-order valence-electron chi connectivity index (χ1n) is 4.69. The van der Waals surface area contributed by atoms with Gasteiger partial charge in [0.1, 0.15) is 11.5 Å². The molecule has 0 aromatic rings. The Morgan fingerprint density at radius 2 is 1.73 bits per heavy atom. The minimum atomic E-state index is -3.58. The molecule has 5 nitrogen and oxygen atoms in total. The molecule has 0 aliphatic rings. The van der Waals surface area contributed by atoms with Gasteiger partial charge >= 0.3 is 7.82 Å². The molecule has 88 valence electrons. The predicted octanol–water partition coefficient (Wildman–Crippen LogP) is 2.68. The first-order chi connectivity index (χ1) is 6.93. The van der Waals surface area contributed by atoms with Crippen LogP contribution in [0.5, 0.6) is 0 Å². The quantitative estimate of drug-likeness (QED) is 0.479. The van der Waals surface area contributed by atoms with E-state index in [9.17, 15) is 9.36 Å². The molecule has 6 heteroatoms. The van der Waals surface area contributed by atoms with E-state index in [4.69, 9.17) is 13.6 Å². The van der Waals surface area contributed by atoms with Crippen LogP contribution in [0.25, 0.3) is 0 Å². The molecule has 0 bridgehead atoms. The first-order valence-corrected chi connectivity index (χ1v) is 6.15. The van der Waals surface area contributed by atoms with Crippen LogP contribution in [0.15, 0.2) is 12.3 Å². The van der Waals surface area contributed by atoms with Gasteiger partial charge in [-0.25, -0.2) is 4.57 Å². The lowest BCUT2D eigenvalue weighted by molar-refractivity contribution is -0.116. The summed E-state index contributed by atoms with van der Waals surface area (Å²) in [7, 11) is -3.58. The fourth-order valence-corrected chi connectivity index (χ4v) is 2.07. The zero-order valence-electron chi connectivity index (χ0n) is 9.32. The first kappa shape index (κ1) is 14.4. The maximum atomic E-state index is 11.8. The Labute approximate surface area is 90.0 Å². The van der Waals surface area contributed by atoms with E-state index in [2.05, 4.69) is 6.58 Å². The van der Waals surface area contributed by atoms with Crippen molar-refractivity contribution in [2.75, 3.05) is 13.2 Å². The Morgan fingerprint density at radius 3 is 2.07 bits per heavy atom. The van der Waals surface area contributed by atoms with Gasteiger partial charge in [-0.3, -0.25) is 13.8 Å². The molecule has 15 heavy (non-hydrogen) atoms. The van der Waals surface area contributed by atoms with Crippen LogP contribution in [0.3, 0.4) is 0 Å². The second kappa shape index (κ2) is 6.77. The zero-order chi connectivity index (χ0) is 11.9. The van der Waals surface area contributed by atoms with Crippen molar-refractivity contribution in [3.63, 3.8) is 0 Å². The zero-order valence-corrected chi connectivity index (χ0v) is 10.2. The number of allylic oxidation sites excluding steroid dienone is 1. The summed E-state index contributed by atoms with van der Waals surface area (Å²) in [6.07, 6.45) is 0.00411. The number of carbonyl (C=O) groups excluding carboxylic acids is 1. The molecule has 0 spiro atoms. The molecule has 0 aliphatic carbocycles. The number of carbonyl (C=O) groups is 1. The highest BCUT2D eigenvalue weighted by Gasteiger charge is 2.27. The van der Waals surface area contributed by atoms with E-state index in [0.717, 1.165) is 0 Å². The third-order valence-corrected chi connectivity index (χ3v) is 2.89. The van der Waals surface area contributed by atoms with Crippen LogP contribution >= 0.6 is 7.82 Å². The third-order valence-electron chi connectivity index (χ3n) is 1.26. The lowest BCUT2D eigenvalue weighted by Crippen LogP contribution is -2.02. The average Bonchev–Trinajstić information content (AvgIpc) is 2.01. The van der Waals surface area contributed by atoms with Crippen LogP contribution < -0.4 is 0 Å². The molecule has 0 radical (unpaired) electrons. The predicted molar refractivity (Wildman–Crippen MR) is 56.4 cm³/mol. The highest BCUT2D eigenvalue weighted by molar-refractivity contribution is 7.48. The van der Waals surface area contributed by atoms with Crippen molar-refractivity contribution < 1.29 is 22.9 Å². The third kappa shape index (κ3) is 6.44. The van der Waals surface area contributed by atoms with Crippen LogP contribution in [0.2, 0.25) is 0 Å². The second-order valence-electron chi connectivity index (χ2n) is 2.79. The summed E-state index contributed by atoms with van der Waals surface area (Å²) in [5.74, 6) is -0.0349. The number of Topliss-reactive ketones (excluding diaryl/α,β-unsaturated/α-hetero) is 1. The Hall–Kier alpha value is -0.640. The number of phosphoric acid groups is 1. The maximum absolute atomic E-state index is 11.8. The number of phosphoric ester groups is 1. The molecular formula is C9H17O5P. The Kier molecular flexibility index (Phi) is 6.48. The molecule has 0 aromatic heterocycles. The van der Waals surface area contributed by atoms with E-state index >= 15 is 0 Å². The highest BCUT2D eigenvalue weighted by Crippen LogP contribution is 2.51. The minimum Gasteiger partial charge on any atom is -0.409 e. The fourth-order valence-electron chi connectivity index (χ4n) is 0.874. The molecule has 0 rings (SSSR count). The van der Waals surface area contributed by atoms with Crippen LogP contribution in [0.1, 0.15) is 27.2 Å². The molecule has 0 heterocycles.